The number of pyridine rings is 1. The number of aromatic nitrogens is 3. The van der Waals surface area contributed by atoms with Gasteiger partial charge >= 0.3 is 0 Å². The highest BCUT2D eigenvalue weighted by molar-refractivity contribution is 6.02. The van der Waals surface area contributed by atoms with Crippen LogP contribution in [0.1, 0.15) is 56.5 Å². The number of benzene rings is 2. The lowest BCUT2D eigenvalue weighted by atomic mass is 9.57. The summed E-state index contributed by atoms with van der Waals surface area (Å²) >= 11 is 0. The van der Waals surface area contributed by atoms with Gasteiger partial charge in [0.2, 0.25) is 0 Å². The fourth-order valence-electron chi connectivity index (χ4n) is 7.00. The van der Waals surface area contributed by atoms with Crippen molar-refractivity contribution < 1.29 is 9.53 Å². The number of hydrogen-bond acceptors (Lipinski definition) is 6. The minimum atomic E-state index is -0.566. The SMILES string of the molecule is Cc1cc(-c2nc(-c3ccc(OC4CCC4)cc3)c3c(n2)[C@]2(C)C=C(C#N)C(=O)[C@H](C)[C@H]2CC3)c2ccccc2n1. The second-order valence-corrected chi connectivity index (χ2v) is 12.0. The average Bonchev–Trinajstić information content (AvgIpc) is 2.96. The number of nitriles is 1. The molecule has 1 saturated carbocycles. The Morgan fingerprint density at radius 1 is 1.02 bits per heavy atom. The standard InChI is InChI=1S/C35H32N4O2/c1-20-17-28(26-9-4-5-10-30(26)37-20)34-38-31(22-11-13-25(14-12-22)41-24-7-6-8-24)27-15-16-29-21(2)32(40)23(19-36)18-35(29,3)33(27)39-34/h4-5,9-14,17-18,21,24,29H,6-8,15-16H2,1-3H3/t21-,29-,35-/m1/s1. The first-order valence-electron chi connectivity index (χ1n) is 14.6. The molecule has 2 aromatic carbocycles. The van der Waals surface area contributed by atoms with E-state index in [0.717, 1.165) is 76.1 Å². The van der Waals surface area contributed by atoms with Crippen molar-refractivity contribution in [1.82, 2.24) is 15.0 Å². The maximum Gasteiger partial charge on any atom is 0.176 e. The number of para-hydroxylation sites is 1. The molecule has 3 aliphatic carbocycles. The van der Waals surface area contributed by atoms with Gasteiger partial charge < -0.3 is 4.74 Å². The van der Waals surface area contributed by atoms with E-state index in [-0.39, 0.29) is 23.2 Å². The van der Waals surface area contributed by atoms with E-state index in [9.17, 15) is 10.1 Å². The van der Waals surface area contributed by atoms with E-state index >= 15 is 0 Å². The van der Waals surface area contributed by atoms with Crippen LogP contribution in [0.2, 0.25) is 0 Å². The molecule has 3 atom stereocenters. The van der Waals surface area contributed by atoms with E-state index in [1.807, 2.05) is 50.3 Å². The molecule has 6 heteroatoms. The van der Waals surface area contributed by atoms with E-state index in [1.165, 1.54) is 6.42 Å². The molecule has 0 aliphatic heterocycles. The Hall–Kier alpha value is -4.37. The van der Waals surface area contributed by atoms with Crippen molar-refractivity contribution in [3.05, 3.63) is 83.2 Å². The zero-order valence-electron chi connectivity index (χ0n) is 23.6. The van der Waals surface area contributed by atoms with Crippen LogP contribution in [0.4, 0.5) is 0 Å². The van der Waals surface area contributed by atoms with Gasteiger partial charge in [0.05, 0.1) is 28.6 Å². The fraction of sp³-hybridized carbons (Fsp3) is 0.343. The van der Waals surface area contributed by atoms with Crippen LogP contribution in [-0.2, 0) is 16.6 Å². The second kappa shape index (κ2) is 9.62. The molecule has 0 amide bonds. The van der Waals surface area contributed by atoms with Crippen molar-refractivity contribution >= 4 is 16.7 Å². The van der Waals surface area contributed by atoms with Gasteiger partial charge in [0.15, 0.2) is 11.6 Å². The summed E-state index contributed by atoms with van der Waals surface area (Å²) in [4.78, 5) is 28.3. The molecular formula is C35H32N4O2. The molecule has 6 nitrogen and oxygen atoms in total. The van der Waals surface area contributed by atoms with Gasteiger partial charge in [-0.3, -0.25) is 9.78 Å². The summed E-state index contributed by atoms with van der Waals surface area (Å²) in [6.45, 7) is 6.09. The summed E-state index contributed by atoms with van der Waals surface area (Å²) in [5, 5.41) is 10.9. The highest BCUT2D eigenvalue weighted by Gasteiger charge is 2.49. The van der Waals surface area contributed by atoms with Gasteiger partial charge in [0.25, 0.3) is 0 Å². The Bertz CT molecular complexity index is 1780. The third kappa shape index (κ3) is 4.14. The molecule has 0 saturated heterocycles. The number of carbonyl (C=O) groups excluding carboxylic acids is 1. The first kappa shape index (κ1) is 25.6. The van der Waals surface area contributed by atoms with Gasteiger partial charge in [-0.2, -0.15) is 5.26 Å². The summed E-state index contributed by atoms with van der Waals surface area (Å²) in [5.74, 6) is 1.26. The molecule has 0 bridgehead atoms. The summed E-state index contributed by atoms with van der Waals surface area (Å²) in [7, 11) is 0. The number of rotatable bonds is 4. The molecule has 2 aromatic heterocycles. The molecule has 1 fully saturated rings. The molecule has 0 radical (unpaired) electrons. The molecule has 0 unspecified atom stereocenters. The summed E-state index contributed by atoms with van der Waals surface area (Å²) in [6.07, 6.45) is 7.26. The lowest BCUT2D eigenvalue weighted by molar-refractivity contribution is -0.121. The van der Waals surface area contributed by atoms with E-state index in [1.54, 1.807) is 0 Å². The van der Waals surface area contributed by atoms with Gasteiger partial charge in [-0.1, -0.05) is 38.1 Å². The van der Waals surface area contributed by atoms with Crippen LogP contribution in [0.5, 0.6) is 5.75 Å². The Labute approximate surface area is 240 Å². The summed E-state index contributed by atoms with van der Waals surface area (Å²) < 4.78 is 6.13. The van der Waals surface area contributed by atoms with Gasteiger partial charge in [0, 0.05) is 39.1 Å². The molecule has 2 heterocycles. The molecule has 7 rings (SSSR count). The molecule has 0 N–H and O–H groups in total. The Kier molecular flexibility index (Phi) is 6.01. The van der Waals surface area contributed by atoms with Gasteiger partial charge in [-0.15, -0.1) is 0 Å². The Morgan fingerprint density at radius 2 is 1.80 bits per heavy atom. The molecular weight excluding hydrogens is 508 g/mol. The van der Waals surface area contributed by atoms with Gasteiger partial charge in [-0.25, -0.2) is 9.97 Å². The van der Waals surface area contributed by atoms with Crippen molar-refractivity contribution in [2.24, 2.45) is 11.8 Å². The fourth-order valence-corrected chi connectivity index (χ4v) is 7.00. The molecule has 4 aromatic rings. The second-order valence-electron chi connectivity index (χ2n) is 12.0. The average molecular weight is 541 g/mol. The number of allylic oxidation sites excluding steroid dienone is 2. The summed E-state index contributed by atoms with van der Waals surface area (Å²) in [6, 6.07) is 20.6. The van der Waals surface area contributed by atoms with Crippen molar-refractivity contribution in [2.45, 2.75) is 64.4 Å². The van der Waals surface area contributed by atoms with Crippen LogP contribution < -0.4 is 4.74 Å². The van der Waals surface area contributed by atoms with Crippen LogP contribution in [0, 0.1) is 30.1 Å². The molecule has 3 aliphatic rings. The van der Waals surface area contributed by atoms with Crippen molar-refractivity contribution in [3.8, 4) is 34.5 Å². The lowest BCUT2D eigenvalue weighted by Gasteiger charge is -2.45. The maximum atomic E-state index is 13.0. The minimum absolute atomic E-state index is 0.0596. The molecule has 0 spiro atoms. The maximum absolute atomic E-state index is 13.0. The lowest BCUT2D eigenvalue weighted by Crippen LogP contribution is -2.46. The highest BCUT2D eigenvalue weighted by Crippen LogP contribution is 2.51. The number of Topliss-reactive ketones (excluding diaryl/α,β-unsaturated/α-hetero) is 1. The van der Waals surface area contributed by atoms with Crippen LogP contribution in [0.15, 0.2) is 66.2 Å². The first-order valence-corrected chi connectivity index (χ1v) is 14.6. The van der Waals surface area contributed by atoms with E-state index in [0.29, 0.717) is 11.9 Å². The first-order chi connectivity index (χ1) is 19.9. The van der Waals surface area contributed by atoms with Gasteiger partial charge in [0.1, 0.15) is 11.8 Å². The van der Waals surface area contributed by atoms with Gasteiger partial charge in [-0.05, 0) is 81.3 Å². The number of ether oxygens (including phenoxy) is 1. The minimum Gasteiger partial charge on any atom is -0.490 e. The normalized spacial score (nSPS) is 23.7. The highest BCUT2D eigenvalue weighted by atomic mass is 16.5. The number of hydrogen-bond donors (Lipinski definition) is 0. The van der Waals surface area contributed by atoms with Crippen LogP contribution >= 0.6 is 0 Å². The molecule has 41 heavy (non-hydrogen) atoms. The molecule has 204 valence electrons. The number of carbonyl (C=O) groups is 1. The number of ketones is 1. The van der Waals surface area contributed by atoms with E-state index < -0.39 is 5.41 Å². The van der Waals surface area contributed by atoms with Crippen LogP contribution in [0.25, 0.3) is 33.5 Å². The van der Waals surface area contributed by atoms with Crippen LogP contribution in [0.3, 0.4) is 0 Å². The smallest absolute Gasteiger partial charge is 0.176 e. The third-order valence-electron chi connectivity index (χ3n) is 9.41. The number of fused-ring (bicyclic) bond motifs is 4. The van der Waals surface area contributed by atoms with Crippen molar-refractivity contribution in [3.63, 3.8) is 0 Å². The zero-order chi connectivity index (χ0) is 28.3. The van der Waals surface area contributed by atoms with Crippen molar-refractivity contribution in [2.75, 3.05) is 0 Å². The summed E-state index contributed by atoms with van der Waals surface area (Å²) in [5.41, 5.74) is 6.29. The number of aryl methyl sites for hydroxylation is 1. The largest absolute Gasteiger partial charge is 0.490 e. The van der Waals surface area contributed by atoms with E-state index in [4.69, 9.17) is 19.7 Å². The predicted molar refractivity (Wildman–Crippen MR) is 158 cm³/mol. The Balaban J connectivity index is 1.46. The van der Waals surface area contributed by atoms with E-state index in [2.05, 4.69) is 37.3 Å². The zero-order valence-corrected chi connectivity index (χ0v) is 23.6. The number of nitrogens with zero attached hydrogens (tertiary/aromatic N) is 4. The topological polar surface area (TPSA) is 88.8 Å². The quantitative estimate of drug-likeness (QED) is 0.275. The Morgan fingerprint density at radius 3 is 2.54 bits per heavy atom. The monoisotopic (exact) mass is 540 g/mol. The van der Waals surface area contributed by atoms with Crippen LogP contribution in [-0.4, -0.2) is 26.8 Å². The predicted octanol–water partition coefficient (Wildman–Crippen LogP) is 7.09. The third-order valence-corrected chi connectivity index (χ3v) is 9.41. The van der Waals surface area contributed by atoms with Crippen molar-refractivity contribution in [1.29, 1.82) is 5.26 Å².